The topological polar surface area (TPSA) is 18.5 Å². The SMILES string of the molecule is Cc1ccc2cc(B3OC(C)(C)C(C)(C)O3)ccc2c1C. The molecular formula is C18H23BO2. The Morgan fingerprint density at radius 1 is 0.857 bits per heavy atom. The zero-order chi connectivity index (χ0) is 15.4. The van der Waals surface area contributed by atoms with Gasteiger partial charge in [-0.25, -0.2) is 0 Å². The van der Waals surface area contributed by atoms with Gasteiger partial charge in [-0.2, -0.15) is 0 Å². The Balaban J connectivity index is 2.02. The Bertz CT molecular complexity index is 688. The highest BCUT2D eigenvalue weighted by atomic mass is 16.7. The lowest BCUT2D eigenvalue weighted by molar-refractivity contribution is 0.00578. The van der Waals surface area contributed by atoms with Crippen LogP contribution in [0.25, 0.3) is 10.8 Å². The van der Waals surface area contributed by atoms with Gasteiger partial charge in [0.1, 0.15) is 0 Å². The Morgan fingerprint density at radius 3 is 2.10 bits per heavy atom. The molecule has 1 fully saturated rings. The molecule has 0 saturated carbocycles. The van der Waals surface area contributed by atoms with Crippen molar-refractivity contribution < 1.29 is 9.31 Å². The van der Waals surface area contributed by atoms with Crippen LogP contribution in [-0.2, 0) is 9.31 Å². The molecule has 1 aliphatic heterocycles. The molecule has 0 aliphatic carbocycles. The second kappa shape index (κ2) is 4.59. The smallest absolute Gasteiger partial charge is 0.399 e. The number of hydrogen-bond donors (Lipinski definition) is 0. The molecule has 1 heterocycles. The van der Waals surface area contributed by atoms with Crippen molar-refractivity contribution in [2.75, 3.05) is 0 Å². The molecular weight excluding hydrogens is 259 g/mol. The highest BCUT2D eigenvalue weighted by Gasteiger charge is 2.51. The maximum Gasteiger partial charge on any atom is 0.494 e. The molecule has 0 amide bonds. The van der Waals surface area contributed by atoms with Crippen molar-refractivity contribution in [1.82, 2.24) is 0 Å². The van der Waals surface area contributed by atoms with Crippen LogP contribution in [0.5, 0.6) is 0 Å². The maximum absolute atomic E-state index is 6.13. The minimum atomic E-state index is -0.296. The van der Waals surface area contributed by atoms with Crippen LogP contribution in [0.3, 0.4) is 0 Å². The van der Waals surface area contributed by atoms with Crippen molar-refractivity contribution in [1.29, 1.82) is 0 Å². The van der Waals surface area contributed by atoms with E-state index >= 15 is 0 Å². The molecule has 0 bridgehead atoms. The largest absolute Gasteiger partial charge is 0.494 e. The van der Waals surface area contributed by atoms with E-state index < -0.39 is 0 Å². The van der Waals surface area contributed by atoms with Gasteiger partial charge in [0.05, 0.1) is 11.2 Å². The molecule has 2 nitrogen and oxygen atoms in total. The summed E-state index contributed by atoms with van der Waals surface area (Å²) in [5, 5.41) is 2.54. The molecule has 3 rings (SSSR count). The standard InChI is InChI=1S/C18H23BO2/c1-12-7-8-14-11-15(9-10-16(14)13(12)2)19-20-17(3,4)18(5,6)21-19/h7-11H,1-6H3. The van der Waals surface area contributed by atoms with E-state index in [1.54, 1.807) is 0 Å². The molecule has 0 N–H and O–H groups in total. The lowest BCUT2D eigenvalue weighted by Crippen LogP contribution is -2.41. The third kappa shape index (κ3) is 2.29. The normalized spacial score (nSPS) is 20.2. The highest BCUT2D eigenvalue weighted by molar-refractivity contribution is 6.62. The zero-order valence-corrected chi connectivity index (χ0v) is 13.8. The number of fused-ring (bicyclic) bond motifs is 1. The average Bonchev–Trinajstić information content (AvgIpc) is 2.63. The molecule has 0 spiro atoms. The van der Waals surface area contributed by atoms with E-state index in [2.05, 4.69) is 71.9 Å². The van der Waals surface area contributed by atoms with Crippen molar-refractivity contribution >= 4 is 23.4 Å². The Labute approximate surface area is 127 Å². The summed E-state index contributed by atoms with van der Waals surface area (Å²) in [5.41, 5.74) is 3.16. The van der Waals surface area contributed by atoms with Crippen molar-refractivity contribution in [2.45, 2.75) is 52.7 Å². The van der Waals surface area contributed by atoms with Crippen LogP contribution >= 0.6 is 0 Å². The van der Waals surface area contributed by atoms with Crippen LogP contribution in [0.4, 0.5) is 0 Å². The second-order valence-electron chi connectivity index (χ2n) is 7.08. The summed E-state index contributed by atoms with van der Waals surface area (Å²) in [6.07, 6.45) is 0. The maximum atomic E-state index is 6.13. The van der Waals surface area contributed by atoms with Crippen molar-refractivity contribution in [2.24, 2.45) is 0 Å². The monoisotopic (exact) mass is 282 g/mol. The van der Waals surface area contributed by atoms with Crippen molar-refractivity contribution in [3.05, 3.63) is 41.5 Å². The van der Waals surface area contributed by atoms with E-state index in [1.807, 2.05) is 0 Å². The minimum absolute atomic E-state index is 0.291. The summed E-state index contributed by atoms with van der Waals surface area (Å²) in [6, 6.07) is 10.8. The van der Waals surface area contributed by atoms with Gasteiger partial charge in [-0.05, 0) is 68.9 Å². The third-order valence-electron chi connectivity index (χ3n) is 5.11. The number of rotatable bonds is 1. The van der Waals surface area contributed by atoms with E-state index in [0.29, 0.717) is 0 Å². The van der Waals surface area contributed by atoms with Crippen LogP contribution in [0.15, 0.2) is 30.3 Å². The average molecular weight is 282 g/mol. The number of benzene rings is 2. The quantitative estimate of drug-likeness (QED) is 0.741. The molecule has 0 radical (unpaired) electrons. The fourth-order valence-corrected chi connectivity index (χ4v) is 2.74. The molecule has 1 aliphatic rings. The van der Waals surface area contributed by atoms with Crippen LogP contribution in [0.2, 0.25) is 0 Å². The van der Waals surface area contributed by atoms with Crippen LogP contribution < -0.4 is 5.46 Å². The van der Waals surface area contributed by atoms with Gasteiger partial charge < -0.3 is 9.31 Å². The lowest BCUT2D eigenvalue weighted by Gasteiger charge is -2.32. The molecule has 2 aromatic carbocycles. The first kappa shape index (κ1) is 14.6. The zero-order valence-electron chi connectivity index (χ0n) is 13.8. The van der Waals surface area contributed by atoms with Gasteiger partial charge in [-0.1, -0.05) is 30.3 Å². The van der Waals surface area contributed by atoms with Crippen molar-refractivity contribution in [3.63, 3.8) is 0 Å². The number of hydrogen-bond acceptors (Lipinski definition) is 2. The predicted molar refractivity (Wildman–Crippen MR) is 89.1 cm³/mol. The molecule has 0 aromatic heterocycles. The van der Waals surface area contributed by atoms with Crippen LogP contribution in [0, 0.1) is 13.8 Å². The van der Waals surface area contributed by atoms with Crippen LogP contribution in [-0.4, -0.2) is 18.3 Å². The Morgan fingerprint density at radius 2 is 1.48 bits per heavy atom. The second-order valence-corrected chi connectivity index (χ2v) is 7.08. The van der Waals surface area contributed by atoms with E-state index in [0.717, 1.165) is 5.46 Å². The van der Waals surface area contributed by atoms with Gasteiger partial charge in [0, 0.05) is 0 Å². The molecule has 2 aromatic rings. The molecule has 0 atom stereocenters. The van der Waals surface area contributed by atoms with E-state index in [4.69, 9.17) is 9.31 Å². The third-order valence-corrected chi connectivity index (χ3v) is 5.11. The molecule has 3 heteroatoms. The van der Waals surface area contributed by atoms with Crippen molar-refractivity contribution in [3.8, 4) is 0 Å². The predicted octanol–water partition coefficient (Wildman–Crippen LogP) is 3.76. The fourth-order valence-electron chi connectivity index (χ4n) is 2.74. The number of aryl methyl sites for hydroxylation is 2. The van der Waals surface area contributed by atoms with Crippen LogP contribution in [0.1, 0.15) is 38.8 Å². The first-order valence-electron chi connectivity index (χ1n) is 7.57. The Hall–Kier alpha value is -1.32. The van der Waals surface area contributed by atoms with E-state index in [-0.39, 0.29) is 18.3 Å². The molecule has 110 valence electrons. The van der Waals surface area contributed by atoms with Gasteiger partial charge in [0.15, 0.2) is 0 Å². The first-order valence-corrected chi connectivity index (χ1v) is 7.57. The first-order chi connectivity index (χ1) is 9.71. The molecule has 21 heavy (non-hydrogen) atoms. The molecule has 0 unspecified atom stereocenters. The lowest BCUT2D eigenvalue weighted by atomic mass is 9.78. The van der Waals surface area contributed by atoms with E-state index in [9.17, 15) is 0 Å². The Kier molecular flexibility index (Phi) is 3.19. The summed E-state index contributed by atoms with van der Waals surface area (Å²) < 4.78 is 12.3. The van der Waals surface area contributed by atoms with Gasteiger partial charge in [0.25, 0.3) is 0 Å². The summed E-state index contributed by atoms with van der Waals surface area (Å²) in [4.78, 5) is 0. The van der Waals surface area contributed by atoms with Gasteiger partial charge in [-0.15, -0.1) is 0 Å². The minimum Gasteiger partial charge on any atom is -0.399 e. The van der Waals surface area contributed by atoms with Gasteiger partial charge >= 0.3 is 7.12 Å². The van der Waals surface area contributed by atoms with Gasteiger partial charge in [-0.3, -0.25) is 0 Å². The van der Waals surface area contributed by atoms with Gasteiger partial charge in [0.2, 0.25) is 0 Å². The summed E-state index contributed by atoms with van der Waals surface area (Å²) in [7, 11) is -0.291. The summed E-state index contributed by atoms with van der Waals surface area (Å²) in [5.74, 6) is 0. The fraction of sp³-hybridized carbons (Fsp3) is 0.444. The summed E-state index contributed by atoms with van der Waals surface area (Å²) in [6.45, 7) is 12.7. The molecule has 1 saturated heterocycles. The van der Waals surface area contributed by atoms with E-state index in [1.165, 1.54) is 21.9 Å². The summed E-state index contributed by atoms with van der Waals surface area (Å²) >= 11 is 0. The highest BCUT2D eigenvalue weighted by Crippen LogP contribution is 2.36.